The number of halogens is 3. The maximum Gasteiger partial charge on any atom is 0.433 e. The van der Waals surface area contributed by atoms with E-state index in [1.165, 1.54) is 12.1 Å². The first-order valence-electron chi connectivity index (χ1n) is 3.64. The molecule has 0 aliphatic rings. The van der Waals surface area contributed by atoms with E-state index in [4.69, 9.17) is 5.41 Å². The van der Waals surface area contributed by atoms with E-state index >= 15 is 0 Å². The largest absolute Gasteiger partial charge is 0.433 e. The predicted molar refractivity (Wildman–Crippen MR) is 44.1 cm³/mol. The third kappa shape index (κ3) is 2.31. The van der Waals surface area contributed by atoms with Gasteiger partial charge in [-0.15, -0.1) is 0 Å². The Hall–Kier alpha value is -1.32. The van der Waals surface area contributed by atoms with E-state index in [1.807, 2.05) is 0 Å². The third-order valence-electron chi connectivity index (χ3n) is 1.62. The molecule has 1 N–H and O–H groups in total. The number of hydrogen-bond donors (Lipinski definition) is 1. The van der Waals surface area contributed by atoms with Crippen molar-refractivity contribution in [2.75, 3.05) is 0 Å². The topological polar surface area (TPSA) is 23.9 Å². The van der Waals surface area contributed by atoms with Crippen molar-refractivity contribution in [3.8, 4) is 0 Å². The van der Waals surface area contributed by atoms with E-state index in [9.17, 15) is 13.2 Å². The van der Waals surface area contributed by atoms with Crippen LogP contribution in [0.15, 0.2) is 24.3 Å². The molecule has 70 valence electrons. The summed E-state index contributed by atoms with van der Waals surface area (Å²) in [6.07, 6.45) is -4.56. The van der Waals surface area contributed by atoms with Crippen molar-refractivity contribution in [3.63, 3.8) is 0 Å². The van der Waals surface area contributed by atoms with Gasteiger partial charge < -0.3 is 0 Å². The minimum Gasteiger partial charge on any atom is -0.296 e. The zero-order chi connectivity index (χ0) is 10.1. The normalized spacial score (nSPS) is 11.4. The number of nitrogens with one attached hydrogen (secondary N) is 1. The molecule has 1 nitrogen and oxygen atoms in total. The highest BCUT2D eigenvalue weighted by Crippen LogP contribution is 2.21. The Labute approximate surface area is 73.7 Å². The fourth-order valence-corrected chi connectivity index (χ4v) is 0.884. The molecule has 0 atom stereocenters. The van der Waals surface area contributed by atoms with Crippen molar-refractivity contribution in [2.24, 2.45) is 0 Å². The van der Waals surface area contributed by atoms with Gasteiger partial charge >= 0.3 is 6.18 Å². The van der Waals surface area contributed by atoms with Crippen LogP contribution in [0.5, 0.6) is 0 Å². The molecule has 0 aliphatic heterocycles. The van der Waals surface area contributed by atoms with Gasteiger partial charge in [-0.2, -0.15) is 13.2 Å². The van der Waals surface area contributed by atoms with Gasteiger partial charge in [0.2, 0.25) is 0 Å². The van der Waals surface area contributed by atoms with E-state index in [2.05, 4.69) is 0 Å². The van der Waals surface area contributed by atoms with Crippen LogP contribution in [0.25, 0.3) is 0 Å². The second kappa shape index (κ2) is 3.20. The van der Waals surface area contributed by atoms with E-state index in [-0.39, 0.29) is 5.56 Å². The minimum atomic E-state index is -4.56. The molecule has 0 aliphatic carbocycles. The lowest BCUT2D eigenvalue weighted by atomic mass is 10.1. The van der Waals surface area contributed by atoms with Crippen LogP contribution in [-0.4, -0.2) is 11.9 Å². The molecule has 0 saturated heterocycles. The molecular weight excluding hydrogens is 179 g/mol. The zero-order valence-corrected chi connectivity index (χ0v) is 6.94. The second-order valence-electron chi connectivity index (χ2n) is 2.74. The van der Waals surface area contributed by atoms with Crippen molar-refractivity contribution >= 4 is 5.71 Å². The molecule has 0 bridgehead atoms. The summed E-state index contributed by atoms with van der Waals surface area (Å²) in [4.78, 5) is 0. The predicted octanol–water partition coefficient (Wildman–Crippen LogP) is 2.93. The molecule has 13 heavy (non-hydrogen) atoms. The van der Waals surface area contributed by atoms with Gasteiger partial charge in [-0.25, -0.2) is 0 Å². The standard InChI is InChI=1S/C9H8F3N/c1-6-2-4-7(5-3-6)8(13)9(10,11)12/h2-5,13H,1H3. The Bertz CT molecular complexity index is 311. The molecule has 0 amide bonds. The summed E-state index contributed by atoms with van der Waals surface area (Å²) in [6, 6.07) is 5.70. The molecule has 0 unspecified atom stereocenters. The fourth-order valence-electron chi connectivity index (χ4n) is 0.884. The number of aryl methyl sites for hydroxylation is 1. The van der Waals surface area contributed by atoms with Gasteiger partial charge in [-0.3, -0.25) is 5.41 Å². The summed E-state index contributed by atoms with van der Waals surface area (Å²) in [7, 11) is 0. The fraction of sp³-hybridized carbons (Fsp3) is 0.222. The van der Waals surface area contributed by atoms with Crippen LogP contribution in [0.1, 0.15) is 11.1 Å². The quantitative estimate of drug-likeness (QED) is 0.653. The van der Waals surface area contributed by atoms with Crippen LogP contribution < -0.4 is 0 Å². The number of rotatable bonds is 1. The van der Waals surface area contributed by atoms with Crippen LogP contribution in [0.3, 0.4) is 0 Å². The molecular formula is C9H8F3N. The van der Waals surface area contributed by atoms with Crippen molar-refractivity contribution in [2.45, 2.75) is 13.1 Å². The smallest absolute Gasteiger partial charge is 0.296 e. The van der Waals surface area contributed by atoms with Crippen LogP contribution >= 0.6 is 0 Å². The molecule has 0 radical (unpaired) electrons. The minimum absolute atomic E-state index is 0.0990. The van der Waals surface area contributed by atoms with Crippen molar-refractivity contribution < 1.29 is 13.2 Å². The van der Waals surface area contributed by atoms with Crippen molar-refractivity contribution in [1.29, 1.82) is 5.41 Å². The molecule has 0 aromatic heterocycles. The maximum absolute atomic E-state index is 12.0. The van der Waals surface area contributed by atoms with Crippen molar-refractivity contribution in [1.82, 2.24) is 0 Å². The highest BCUT2D eigenvalue weighted by Gasteiger charge is 2.34. The number of hydrogen-bond acceptors (Lipinski definition) is 1. The lowest BCUT2D eigenvalue weighted by molar-refractivity contribution is -0.0587. The first kappa shape index (κ1) is 9.77. The summed E-state index contributed by atoms with van der Waals surface area (Å²) in [5.74, 6) is 0. The van der Waals surface area contributed by atoms with Crippen LogP contribution in [0.2, 0.25) is 0 Å². The average Bonchev–Trinajstić information content (AvgIpc) is 2.03. The summed E-state index contributed by atoms with van der Waals surface area (Å²) >= 11 is 0. The van der Waals surface area contributed by atoms with Gasteiger partial charge in [0, 0.05) is 5.56 Å². The Morgan fingerprint density at radius 3 is 2.00 bits per heavy atom. The number of alkyl halides is 3. The molecule has 0 heterocycles. The molecule has 1 aromatic rings. The maximum atomic E-state index is 12.0. The first-order valence-corrected chi connectivity index (χ1v) is 3.64. The zero-order valence-electron chi connectivity index (χ0n) is 6.94. The molecule has 4 heteroatoms. The van der Waals surface area contributed by atoms with Crippen LogP contribution in [0.4, 0.5) is 13.2 Å². The lowest BCUT2D eigenvalue weighted by Crippen LogP contribution is -2.22. The van der Waals surface area contributed by atoms with Gasteiger partial charge in [-0.1, -0.05) is 29.8 Å². The van der Waals surface area contributed by atoms with E-state index in [1.54, 1.807) is 19.1 Å². The second-order valence-corrected chi connectivity index (χ2v) is 2.74. The summed E-state index contributed by atoms with van der Waals surface area (Å²) in [5, 5.41) is 6.83. The Kier molecular flexibility index (Phi) is 2.40. The first-order chi connectivity index (χ1) is 5.91. The van der Waals surface area contributed by atoms with Gasteiger partial charge in [-0.05, 0) is 6.92 Å². The average molecular weight is 187 g/mol. The molecule has 0 spiro atoms. The Morgan fingerprint density at radius 1 is 1.15 bits per heavy atom. The van der Waals surface area contributed by atoms with E-state index in [0.29, 0.717) is 0 Å². The summed E-state index contributed by atoms with van der Waals surface area (Å²) < 4.78 is 36.0. The highest BCUT2D eigenvalue weighted by molar-refractivity contribution is 6.02. The van der Waals surface area contributed by atoms with E-state index < -0.39 is 11.9 Å². The summed E-state index contributed by atoms with van der Waals surface area (Å²) in [6.45, 7) is 1.78. The Morgan fingerprint density at radius 2 is 1.62 bits per heavy atom. The molecule has 1 rings (SSSR count). The summed E-state index contributed by atoms with van der Waals surface area (Å²) in [5.41, 5.74) is -0.524. The van der Waals surface area contributed by atoms with Crippen LogP contribution in [-0.2, 0) is 0 Å². The lowest BCUT2D eigenvalue weighted by Gasteiger charge is -2.07. The van der Waals surface area contributed by atoms with Gasteiger partial charge in [0.05, 0.1) is 0 Å². The van der Waals surface area contributed by atoms with E-state index in [0.717, 1.165) is 5.56 Å². The van der Waals surface area contributed by atoms with Crippen molar-refractivity contribution in [3.05, 3.63) is 35.4 Å². The van der Waals surface area contributed by atoms with Gasteiger partial charge in [0.25, 0.3) is 0 Å². The Balaban J connectivity index is 2.97. The third-order valence-corrected chi connectivity index (χ3v) is 1.62. The molecule has 0 fully saturated rings. The number of benzene rings is 1. The molecule has 0 saturated carbocycles. The van der Waals surface area contributed by atoms with Gasteiger partial charge in [0.1, 0.15) is 5.71 Å². The van der Waals surface area contributed by atoms with Gasteiger partial charge in [0.15, 0.2) is 0 Å². The highest BCUT2D eigenvalue weighted by atomic mass is 19.4. The molecule has 1 aromatic carbocycles. The van der Waals surface area contributed by atoms with Crippen LogP contribution in [0, 0.1) is 12.3 Å². The SMILES string of the molecule is Cc1ccc(C(=N)C(F)(F)F)cc1. The monoisotopic (exact) mass is 187 g/mol.